The SMILES string of the molecule is Cn1c(-c2ccccc2)c(C#N)c2c(N)ncnc21. The van der Waals surface area contributed by atoms with Crippen molar-refractivity contribution < 1.29 is 0 Å². The van der Waals surface area contributed by atoms with Crippen LogP contribution in [-0.4, -0.2) is 14.5 Å². The number of hydrogen-bond acceptors (Lipinski definition) is 4. The summed E-state index contributed by atoms with van der Waals surface area (Å²) in [4.78, 5) is 8.18. The second-order valence-corrected chi connectivity index (χ2v) is 4.22. The van der Waals surface area contributed by atoms with Gasteiger partial charge in [-0.25, -0.2) is 9.97 Å². The third-order valence-electron chi connectivity index (χ3n) is 3.16. The first kappa shape index (κ1) is 11.2. The number of nitrogens with two attached hydrogens (primary N) is 1. The van der Waals surface area contributed by atoms with Gasteiger partial charge in [-0.05, 0) is 5.56 Å². The van der Waals surface area contributed by atoms with Crippen LogP contribution in [0.3, 0.4) is 0 Å². The molecule has 0 bridgehead atoms. The number of fused-ring (bicyclic) bond motifs is 1. The lowest BCUT2D eigenvalue weighted by atomic mass is 10.1. The monoisotopic (exact) mass is 249 g/mol. The molecule has 0 spiro atoms. The van der Waals surface area contributed by atoms with Gasteiger partial charge in [0.2, 0.25) is 0 Å². The lowest BCUT2D eigenvalue weighted by Gasteiger charge is -2.03. The molecule has 2 N–H and O–H groups in total. The summed E-state index contributed by atoms with van der Waals surface area (Å²) in [6.45, 7) is 0. The van der Waals surface area contributed by atoms with Gasteiger partial charge < -0.3 is 10.3 Å². The van der Waals surface area contributed by atoms with E-state index in [4.69, 9.17) is 5.73 Å². The largest absolute Gasteiger partial charge is 0.383 e. The number of hydrogen-bond donors (Lipinski definition) is 1. The van der Waals surface area contributed by atoms with Crippen molar-refractivity contribution in [3.63, 3.8) is 0 Å². The molecule has 0 fully saturated rings. The van der Waals surface area contributed by atoms with Crippen molar-refractivity contribution in [2.75, 3.05) is 5.73 Å². The van der Waals surface area contributed by atoms with Crippen LogP contribution in [0.25, 0.3) is 22.3 Å². The Morgan fingerprint density at radius 1 is 1.21 bits per heavy atom. The first-order valence-corrected chi connectivity index (χ1v) is 5.78. The highest BCUT2D eigenvalue weighted by atomic mass is 15.1. The summed E-state index contributed by atoms with van der Waals surface area (Å²) in [5, 5.41) is 10.1. The molecular formula is C14H11N5. The van der Waals surface area contributed by atoms with E-state index >= 15 is 0 Å². The van der Waals surface area contributed by atoms with Crippen molar-refractivity contribution in [1.29, 1.82) is 5.26 Å². The maximum atomic E-state index is 9.44. The summed E-state index contributed by atoms with van der Waals surface area (Å²) in [6, 6.07) is 11.9. The molecule has 2 aromatic heterocycles. The van der Waals surface area contributed by atoms with Gasteiger partial charge in [0.05, 0.1) is 16.6 Å². The van der Waals surface area contributed by atoms with Crippen LogP contribution in [-0.2, 0) is 7.05 Å². The molecule has 0 aliphatic heterocycles. The molecule has 2 heterocycles. The van der Waals surface area contributed by atoms with Gasteiger partial charge in [0, 0.05) is 7.05 Å². The molecule has 0 radical (unpaired) electrons. The van der Waals surface area contributed by atoms with Crippen LogP contribution in [0.4, 0.5) is 5.82 Å². The molecule has 1 aromatic carbocycles. The molecule has 0 unspecified atom stereocenters. The van der Waals surface area contributed by atoms with Gasteiger partial charge in [-0.1, -0.05) is 30.3 Å². The van der Waals surface area contributed by atoms with E-state index in [1.54, 1.807) is 0 Å². The van der Waals surface area contributed by atoms with Gasteiger partial charge in [0.15, 0.2) is 0 Å². The average Bonchev–Trinajstić information content (AvgIpc) is 2.74. The van der Waals surface area contributed by atoms with E-state index < -0.39 is 0 Å². The molecule has 0 amide bonds. The minimum Gasteiger partial charge on any atom is -0.383 e. The summed E-state index contributed by atoms with van der Waals surface area (Å²) in [6.07, 6.45) is 1.41. The van der Waals surface area contributed by atoms with E-state index in [0.29, 0.717) is 22.4 Å². The van der Waals surface area contributed by atoms with Gasteiger partial charge in [0.1, 0.15) is 23.9 Å². The standard InChI is InChI=1S/C14H11N5/c1-19-12(9-5-3-2-4-6-9)10(7-15)11-13(16)17-8-18-14(11)19/h2-6,8H,1H3,(H2,16,17,18). The van der Waals surface area contributed by atoms with Crippen molar-refractivity contribution >= 4 is 16.9 Å². The van der Waals surface area contributed by atoms with Crippen molar-refractivity contribution in [1.82, 2.24) is 14.5 Å². The van der Waals surface area contributed by atoms with Crippen LogP contribution < -0.4 is 5.73 Å². The summed E-state index contributed by atoms with van der Waals surface area (Å²) in [5.74, 6) is 0.333. The molecule has 0 atom stereocenters. The smallest absolute Gasteiger partial charge is 0.147 e. The van der Waals surface area contributed by atoms with Crippen LogP contribution >= 0.6 is 0 Å². The molecule has 0 saturated carbocycles. The highest BCUT2D eigenvalue weighted by molar-refractivity contribution is 5.98. The van der Waals surface area contributed by atoms with Gasteiger partial charge in [-0.3, -0.25) is 0 Å². The lowest BCUT2D eigenvalue weighted by molar-refractivity contribution is 0.951. The number of nitriles is 1. The van der Waals surface area contributed by atoms with Gasteiger partial charge in [0.25, 0.3) is 0 Å². The molecule has 5 nitrogen and oxygen atoms in total. The molecule has 19 heavy (non-hydrogen) atoms. The molecule has 92 valence electrons. The number of nitrogens with zero attached hydrogens (tertiary/aromatic N) is 4. The van der Waals surface area contributed by atoms with Crippen LogP contribution in [0, 0.1) is 11.3 Å². The van der Waals surface area contributed by atoms with Crippen LogP contribution in [0.5, 0.6) is 0 Å². The summed E-state index contributed by atoms with van der Waals surface area (Å²) >= 11 is 0. The van der Waals surface area contributed by atoms with E-state index in [0.717, 1.165) is 11.3 Å². The Morgan fingerprint density at radius 3 is 2.63 bits per heavy atom. The fourth-order valence-corrected chi connectivity index (χ4v) is 2.32. The summed E-state index contributed by atoms with van der Waals surface area (Å²) in [7, 11) is 1.87. The Hall–Kier alpha value is -2.87. The maximum absolute atomic E-state index is 9.44. The fraction of sp³-hybridized carbons (Fsp3) is 0.0714. The zero-order valence-corrected chi connectivity index (χ0v) is 10.3. The topological polar surface area (TPSA) is 80.5 Å². The van der Waals surface area contributed by atoms with Crippen LogP contribution in [0.15, 0.2) is 36.7 Å². The zero-order valence-electron chi connectivity index (χ0n) is 10.3. The molecule has 3 rings (SSSR count). The van der Waals surface area contributed by atoms with Crippen molar-refractivity contribution in [3.8, 4) is 17.3 Å². The molecular weight excluding hydrogens is 238 g/mol. The van der Waals surface area contributed by atoms with Gasteiger partial charge in [-0.2, -0.15) is 5.26 Å². The zero-order chi connectivity index (χ0) is 13.4. The normalized spacial score (nSPS) is 10.5. The predicted octanol–water partition coefficient (Wildman–Crippen LogP) is 2.09. The van der Waals surface area contributed by atoms with Crippen LogP contribution in [0.2, 0.25) is 0 Å². The van der Waals surface area contributed by atoms with Crippen molar-refractivity contribution in [2.24, 2.45) is 7.05 Å². The van der Waals surface area contributed by atoms with E-state index in [1.165, 1.54) is 6.33 Å². The Balaban J connectivity index is 2.47. The highest BCUT2D eigenvalue weighted by Crippen LogP contribution is 2.33. The van der Waals surface area contributed by atoms with Gasteiger partial charge >= 0.3 is 0 Å². The second kappa shape index (κ2) is 4.10. The summed E-state index contributed by atoms with van der Waals surface area (Å²) in [5.41, 5.74) is 8.83. The minimum atomic E-state index is 0.333. The average molecular weight is 249 g/mol. The molecule has 0 aliphatic carbocycles. The lowest BCUT2D eigenvalue weighted by Crippen LogP contribution is -1.95. The quantitative estimate of drug-likeness (QED) is 0.716. The predicted molar refractivity (Wildman–Crippen MR) is 73.1 cm³/mol. The van der Waals surface area contributed by atoms with Gasteiger partial charge in [-0.15, -0.1) is 0 Å². The van der Waals surface area contributed by atoms with Crippen molar-refractivity contribution in [3.05, 3.63) is 42.2 Å². The van der Waals surface area contributed by atoms with E-state index in [2.05, 4.69) is 16.0 Å². The second-order valence-electron chi connectivity index (χ2n) is 4.22. The summed E-state index contributed by atoms with van der Waals surface area (Å²) < 4.78 is 1.88. The first-order valence-electron chi connectivity index (χ1n) is 5.78. The van der Waals surface area contributed by atoms with E-state index in [-0.39, 0.29) is 0 Å². The minimum absolute atomic E-state index is 0.333. The number of anilines is 1. The number of benzene rings is 1. The molecule has 3 aromatic rings. The van der Waals surface area contributed by atoms with E-state index in [9.17, 15) is 5.26 Å². The number of aryl methyl sites for hydroxylation is 1. The molecule has 0 saturated heterocycles. The van der Waals surface area contributed by atoms with Crippen LogP contribution in [0.1, 0.15) is 5.56 Å². The molecule has 5 heteroatoms. The Bertz CT molecular complexity index is 796. The molecule has 0 aliphatic rings. The number of nitrogen functional groups attached to an aromatic ring is 1. The maximum Gasteiger partial charge on any atom is 0.147 e. The van der Waals surface area contributed by atoms with E-state index in [1.807, 2.05) is 41.9 Å². The Labute approximate surface area is 109 Å². The highest BCUT2D eigenvalue weighted by Gasteiger charge is 2.19. The fourth-order valence-electron chi connectivity index (χ4n) is 2.32. The first-order chi connectivity index (χ1) is 9.24. The third kappa shape index (κ3) is 1.54. The number of aromatic nitrogens is 3. The Morgan fingerprint density at radius 2 is 1.95 bits per heavy atom. The Kier molecular flexibility index (Phi) is 2.43. The third-order valence-corrected chi connectivity index (χ3v) is 3.16. The van der Waals surface area contributed by atoms with Crippen molar-refractivity contribution in [2.45, 2.75) is 0 Å². The number of rotatable bonds is 1.